The number of hydrogen-bond acceptors (Lipinski definition) is 7. The van der Waals surface area contributed by atoms with Gasteiger partial charge in [-0.1, -0.05) is 6.07 Å². The molecule has 2 aromatic carbocycles. The average molecular weight is 353 g/mol. The molecule has 6 rings (SSSR count). The summed E-state index contributed by atoms with van der Waals surface area (Å²) in [5.41, 5.74) is 3.55. The van der Waals surface area contributed by atoms with Crippen molar-refractivity contribution in [3.05, 3.63) is 46.5 Å². The summed E-state index contributed by atoms with van der Waals surface area (Å²) in [5.74, 6) is 2.20. The van der Waals surface area contributed by atoms with Crippen molar-refractivity contribution in [3.63, 3.8) is 0 Å². The number of ether oxygens (including phenoxy) is 5. The quantitative estimate of drug-likeness (QED) is 0.788. The van der Waals surface area contributed by atoms with Gasteiger partial charge in [0.2, 0.25) is 13.6 Å². The summed E-state index contributed by atoms with van der Waals surface area (Å²) in [4.78, 5) is 12.5. The molecule has 2 atom stereocenters. The van der Waals surface area contributed by atoms with E-state index >= 15 is 0 Å². The van der Waals surface area contributed by atoms with Crippen molar-refractivity contribution in [2.75, 3.05) is 20.1 Å². The second-order valence-electron chi connectivity index (χ2n) is 6.68. The van der Waals surface area contributed by atoms with E-state index in [9.17, 15) is 4.79 Å². The lowest BCUT2D eigenvalue weighted by Gasteiger charge is -2.31. The molecule has 0 fully saturated rings. The van der Waals surface area contributed by atoms with Crippen LogP contribution >= 0.6 is 0 Å². The van der Waals surface area contributed by atoms with E-state index in [-0.39, 0.29) is 25.6 Å². The maximum Gasteiger partial charge on any atom is 0.343 e. The molecular formula is C19H15NO6. The van der Waals surface area contributed by atoms with E-state index in [2.05, 4.69) is 5.32 Å². The molecule has 0 aromatic heterocycles. The van der Waals surface area contributed by atoms with Gasteiger partial charge in [-0.05, 0) is 42.3 Å². The molecule has 2 aromatic rings. The largest absolute Gasteiger partial charge is 0.454 e. The lowest BCUT2D eigenvalue weighted by Crippen LogP contribution is -2.34. The summed E-state index contributed by atoms with van der Waals surface area (Å²) in [7, 11) is 0. The SMILES string of the molecule is O=C1O[C@H]([C@@H]2NCCc3cc4c(cc32)OCO4)c2ccc3c(c21)OCO3. The van der Waals surface area contributed by atoms with Crippen molar-refractivity contribution in [3.8, 4) is 23.0 Å². The van der Waals surface area contributed by atoms with Crippen LogP contribution in [-0.2, 0) is 11.2 Å². The molecule has 0 saturated heterocycles. The minimum Gasteiger partial charge on any atom is -0.454 e. The Labute approximate surface area is 148 Å². The van der Waals surface area contributed by atoms with Crippen molar-refractivity contribution in [1.82, 2.24) is 5.32 Å². The highest BCUT2D eigenvalue weighted by Gasteiger charge is 2.43. The lowest BCUT2D eigenvalue weighted by molar-refractivity contribution is 0.0284. The highest BCUT2D eigenvalue weighted by Crippen LogP contribution is 2.49. The minimum absolute atomic E-state index is 0.123. The Balaban J connectivity index is 1.46. The third-order valence-electron chi connectivity index (χ3n) is 5.35. The number of benzene rings is 2. The number of rotatable bonds is 1. The second kappa shape index (κ2) is 5.04. The van der Waals surface area contributed by atoms with E-state index < -0.39 is 6.10 Å². The third-order valence-corrected chi connectivity index (χ3v) is 5.35. The molecule has 132 valence electrons. The summed E-state index contributed by atoms with van der Waals surface area (Å²) < 4.78 is 27.7. The van der Waals surface area contributed by atoms with E-state index in [1.54, 1.807) is 0 Å². The Morgan fingerprint density at radius 3 is 2.65 bits per heavy atom. The molecule has 0 radical (unpaired) electrons. The van der Waals surface area contributed by atoms with Crippen LogP contribution in [0.2, 0.25) is 0 Å². The summed E-state index contributed by atoms with van der Waals surface area (Å²) in [6.07, 6.45) is 0.461. The zero-order chi connectivity index (χ0) is 17.3. The number of hydrogen-bond donors (Lipinski definition) is 1. The molecule has 7 heteroatoms. The molecule has 0 amide bonds. The first-order valence-corrected chi connectivity index (χ1v) is 8.59. The van der Waals surface area contributed by atoms with Gasteiger partial charge in [0.1, 0.15) is 11.7 Å². The molecule has 26 heavy (non-hydrogen) atoms. The molecule has 0 aliphatic carbocycles. The molecule has 0 bridgehead atoms. The smallest absolute Gasteiger partial charge is 0.343 e. The number of esters is 1. The van der Waals surface area contributed by atoms with Gasteiger partial charge in [0, 0.05) is 5.56 Å². The molecule has 0 saturated carbocycles. The maximum atomic E-state index is 12.5. The van der Waals surface area contributed by atoms with Crippen molar-refractivity contribution >= 4 is 5.97 Å². The lowest BCUT2D eigenvalue weighted by atomic mass is 9.87. The first-order valence-electron chi connectivity index (χ1n) is 8.59. The molecule has 7 nitrogen and oxygen atoms in total. The van der Waals surface area contributed by atoms with Crippen LogP contribution < -0.4 is 24.3 Å². The normalized spacial score (nSPS) is 24.2. The van der Waals surface area contributed by atoms with Crippen LogP contribution in [0, 0.1) is 0 Å². The van der Waals surface area contributed by atoms with E-state index in [0.717, 1.165) is 35.6 Å². The summed E-state index contributed by atoms with van der Waals surface area (Å²) in [5, 5.41) is 3.49. The van der Waals surface area contributed by atoms with Gasteiger partial charge in [0.05, 0.1) is 6.04 Å². The first kappa shape index (κ1) is 14.3. The zero-order valence-electron chi connectivity index (χ0n) is 13.7. The topological polar surface area (TPSA) is 75.3 Å². The summed E-state index contributed by atoms with van der Waals surface area (Å²) in [6.45, 7) is 1.16. The number of fused-ring (bicyclic) bond motifs is 5. The van der Waals surface area contributed by atoms with Gasteiger partial charge in [0.25, 0.3) is 0 Å². The molecular weight excluding hydrogens is 338 g/mol. The fraction of sp³-hybridized carbons (Fsp3) is 0.316. The van der Waals surface area contributed by atoms with Crippen LogP contribution in [0.1, 0.15) is 39.2 Å². The number of carbonyl (C=O) groups excluding carboxylic acids is 1. The maximum absolute atomic E-state index is 12.5. The molecule has 1 N–H and O–H groups in total. The zero-order valence-corrected chi connectivity index (χ0v) is 13.7. The summed E-state index contributed by atoms with van der Waals surface area (Å²) in [6, 6.07) is 7.59. The Bertz CT molecular complexity index is 956. The van der Waals surface area contributed by atoms with Gasteiger partial charge in [-0.15, -0.1) is 0 Å². The van der Waals surface area contributed by atoms with Gasteiger partial charge in [0.15, 0.2) is 23.0 Å². The van der Waals surface area contributed by atoms with Gasteiger partial charge in [-0.3, -0.25) is 0 Å². The van der Waals surface area contributed by atoms with Crippen molar-refractivity contribution in [2.45, 2.75) is 18.6 Å². The average Bonchev–Trinajstić information content (AvgIpc) is 3.37. The predicted octanol–water partition coefficient (Wildman–Crippen LogP) is 2.24. The Kier molecular flexibility index (Phi) is 2.77. The minimum atomic E-state index is -0.425. The van der Waals surface area contributed by atoms with Gasteiger partial charge in [-0.25, -0.2) is 4.79 Å². The first-order chi connectivity index (χ1) is 12.8. The third kappa shape index (κ3) is 1.83. The molecule has 0 spiro atoms. The Hall–Kier alpha value is -2.93. The molecule has 4 heterocycles. The van der Waals surface area contributed by atoms with Crippen LogP contribution in [0.5, 0.6) is 23.0 Å². The van der Waals surface area contributed by atoms with Crippen molar-refractivity contribution < 1.29 is 28.5 Å². The second-order valence-corrected chi connectivity index (χ2v) is 6.68. The van der Waals surface area contributed by atoms with E-state index in [1.807, 2.05) is 24.3 Å². The number of cyclic esters (lactones) is 1. The Morgan fingerprint density at radius 1 is 0.923 bits per heavy atom. The van der Waals surface area contributed by atoms with E-state index in [4.69, 9.17) is 23.7 Å². The number of nitrogens with one attached hydrogen (secondary N) is 1. The number of carbonyl (C=O) groups is 1. The van der Waals surface area contributed by atoms with Crippen LogP contribution in [-0.4, -0.2) is 26.1 Å². The van der Waals surface area contributed by atoms with Crippen LogP contribution in [0.15, 0.2) is 24.3 Å². The van der Waals surface area contributed by atoms with Gasteiger partial charge in [-0.2, -0.15) is 0 Å². The van der Waals surface area contributed by atoms with Crippen LogP contribution in [0.25, 0.3) is 0 Å². The predicted molar refractivity (Wildman–Crippen MR) is 87.7 cm³/mol. The standard InChI is InChI=1S/C19H15NO6/c21-19-15-10(1-2-12-18(15)25-8-22-12)17(26-19)16-11-6-14-13(23-7-24-14)5-9(11)3-4-20-16/h1-2,5-6,16-17,20H,3-4,7-8H2/t16-,17+/m1/s1. The van der Waals surface area contributed by atoms with Crippen LogP contribution in [0.3, 0.4) is 0 Å². The van der Waals surface area contributed by atoms with Gasteiger partial charge < -0.3 is 29.0 Å². The van der Waals surface area contributed by atoms with Crippen molar-refractivity contribution in [2.24, 2.45) is 0 Å². The molecule has 4 aliphatic rings. The Morgan fingerprint density at radius 2 is 1.73 bits per heavy atom. The highest BCUT2D eigenvalue weighted by atomic mass is 16.7. The van der Waals surface area contributed by atoms with Crippen molar-refractivity contribution in [1.29, 1.82) is 0 Å². The monoisotopic (exact) mass is 353 g/mol. The van der Waals surface area contributed by atoms with Gasteiger partial charge >= 0.3 is 5.97 Å². The van der Waals surface area contributed by atoms with E-state index in [0.29, 0.717) is 17.1 Å². The summed E-state index contributed by atoms with van der Waals surface area (Å²) >= 11 is 0. The highest BCUT2D eigenvalue weighted by molar-refractivity contribution is 5.98. The van der Waals surface area contributed by atoms with E-state index in [1.165, 1.54) is 5.56 Å². The van der Waals surface area contributed by atoms with Crippen LogP contribution in [0.4, 0.5) is 0 Å². The molecule has 0 unspecified atom stereocenters. The fourth-order valence-electron chi connectivity index (χ4n) is 4.17. The fourth-order valence-corrected chi connectivity index (χ4v) is 4.17. The molecule has 4 aliphatic heterocycles.